The standard InChI is InChI=1S/C72H139NO5/c1-3-5-7-9-11-13-15-17-36-40-44-48-52-56-60-64-70(75)69(68-74)73-71(76)65-61-57-53-49-45-41-38-34-32-30-28-26-24-22-20-19-21-23-25-27-29-31-33-35-39-43-47-51-55-59-63-67-78-72(77)66-62-58-54-50-46-42-37-18-16-14-12-10-8-6-4-2/h12,14,18,37,69-70,74-75H,3-11,13,15-17,19-36,38-68H2,1-2H3,(H,73,76)/b14-12-,37-18-. The van der Waals surface area contributed by atoms with Crippen molar-refractivity contribution in [2.75, 3.05) is 13.2 Å². The highest BCUT2D eigenvalue weighted by molar-refractivity contribution is 5.76. The fourth-order valence-electron chi connectivity index (χ4n) is 11.3. The van der Waals surface area contributed by atoms with Crippen molar-refractivity contribution in [1.29, 1.82) is 0 Å². The van der Waals surface area contributed by atoms with E-state index in [-0.39, 0.29) is 18.5 Å². The van der Waals surface area contributed by atoms with Gasteiger partial charge in [0.05, 0.1) is 25.4 Å². The van der Waals surface area contributed by atoms with Crippen molar-refractivity contribution in [2.24, 2.45) is 0 Å². The lowest BCUT2D eigenvalue weighted by Gasteiger charge is -2.22. The Morgan fingerprint density at radius 1 is 0.359 bits per heavy atom. The molecule has 0 saturated carbocycles. The number of carbonyl (C=O) groups excluding carboxylic acids is 2. The third-order valence-corrected chi connectivity index (χ3v) is 16.8. The molecule has 0 saturated heterocycles. The van der Waals surface area contributed by atoms with Gasteiger partial charge >= 0.3 is 5.97 Å². The first kappa shape index (κ1) is 76.3. The zero-order valence-corrected chi connectivity index (χ0v) is 52.9. The third kappa shape index (κ3) is 63.5. The summed E-state index contributed by atoms with van der Waals surface area (Å²) < 4.78 is 5.49. The fourth-order valence-corrected chi connectivity index (χ4v) is 11.3. The van der Waals surface area contributed by atoms with Crippen LogP contribution in [-0.2, 0) is 14.3 Å². The highest BCUT2D eigenvalue weighted by Crippen LogP contribution is 2.19. The monoisotopic (exact) mass is 1100 g/mol. The number of carbonyl (C=O) groups is 2. The van der Waals surface area contributed by atoms with Crippen molar-refractivity contribution in [1.82, 2.24) is 5.32 Å². The lowest BCUT2D eigenvalue weighted by atomic mass is 10.0. The number of hydrogen-bond donors (Lipinski definition) is 3. The summed E-state index contributed by atoms with van der Waals surface area (Å²) in [6.07, 6.45) is 85.2. The summed E-state index contributed by atoms with van der Waals surface area (Å²) in [5.74, 6) is -0.0206. The lowest BCUT2D eigenvalue weighted by Crippen LogP contribution is -2.45. The Morgan fingerprint density at radius 3 is 1.00 bits per heavy atom. The molecule has 78 heavy (non-hydrogen) atoms. The molecule has 0 fully saturated rings. The van der Waals surface area contributed by atoms with E-state index in [0.29, 0.717) is 25.9 Å². The molecule has 1 amide bonds. The van der Waals surface area contributed by atoms with Crippen LogP contribution in [0.15, 0.2) is 24.3 Å². The van der Waals surface area contributed by atoms with Gasteiger partial charge in [-0.15, -0.1) is 0 Å². The van der Waals surface area contributed by atoms with E-state index >= 15 is 0 Å². The molecule has 0 heterocycles. The number of esters is 1. The number of nitrogens with one attached hydrogen (secondary N) is 1. The molecule has 0 radical (unpaired) electrons. The van der Waals surface area contributed by atoms with Crippen LogP contribution in [0.4, 0.5) is 0 Å². The van der Waals surface area contributed by atoms with E-state index in [2.05, 4.69) is 43.5 Å². The molecule has 0 rings (SSSR count). The molecule has 2 unspecified atom stereocenters. The van der Waals surface area contributed by atoms with Crippen LogP contribution >= 0.6 is 0 Å². The van der Waals surface area contributed by atoms with Crippen molar-refractivity contribution in [3.05, 3.63) is 24.3 Å². The van der Waals surface area contributed by atoms with Gasteiger partial charge in [-0.2, -0.15) is 0 Å². The summed E-state index contributed by atoms with van der Waals surface area (Å²) in [6.45, 7) is 4.96. The van der Waals surface area contributed by atoms with Crippen LogP contribution < -0.4 is 5.32 Å². The van der Waals surface area contributed by atoms with Crippen LogP contribution in [-0.4, -0.2) is 47.4 Å². The van der Waals surface area contributed by atoms with E-state index < -0.39 is 12.1 Å². The van der Waals surface area contributed by atoms with Crippen molar-refractivity contribution < 1.29 is 24.5 Å². The van der Waals surface area contributed by atoms with Crippen molar-refractivity contribution in [2.45, 2.75) is 411 Å². The number of unbranched alkanes of at least 4 members (excludes halogenated alkanes) is 52. The molecule has 0 aromatic rings. The molecule has 6 nitrogen and oxygen atoms in total. The van der Waals surface area contributed by atoms with Crippen LogP contribution in [0.5, 0.6) is 0 Å². The molecular formula is C72H139NO5. The number of allylic oxidation sites excluding steroid dienone is 4. The Balaban J connectivity index is 3.32. The summed E-state index contributed by atoms with van der Waals surface area (Å²) in [7, 11) is 0. The zero-order chi connectivity index (χ0) is 56.4. The Hall–Kier alpha value is -1.66. The summed E-state index contributed by atoms with van der Waals surface area (Å²) in [5.41, 5.74) is 0. The second-order valence-corrected chi connectivity index (χ2v) is 24.6. The number of aliphatic hydroxyl groups excluding tert-OH is 2. The Morgan fingerprint density at radius 2 is 0.641 bits per heavy atom. The van der Waals surface area contributed by atoms with Gasteiger partial charge in [0, 0.05) is 12.8 Å². The lowest BCUT2D eigenvalue weighted by molar-refractivity contribution is -0.143. The molecule has 0 aliphatic carbocycles. The Bertz CT molecular complexity index is 1220. The van der Waals surface area contributed by atoms with E-state index in [1.54, 1.807) is 0 Å². The molecule has 462 valence electrons. The maximum absolute atomic E-state index is 12.5. The highest BCUT2D eigenvalue weighted by Gasteiger charge is 2.20. The molecule has 0 aliphatic rings. The SMILES string of the molecule is CCCCC/C=C\C/C=C\CCCCCCCC(=O)OCCCCCCCCCCCCCCCCCCCCCCCCCCCCCCCCCC(=O)NC(CO)C(O)CCCCCCCCCCCCCCCCC. The number of amides is 1. The van der Waals surface area contributed by atoms with Gasteiger partial charge in [0.25, 0.3) is 0 Å². The maximum atomic E-state index is 12.5. The minimum atomic E-state index is -0.661. The highest BCUT2D eigenvalue weighted by atomic mass is 16.5. The molecule has 0 bridgehead atoms. The normalized spacial score (nSPS) is 12.6. The van der Waals surface area contributed by atoms with Crippen LogP contribution in [0, 0.1) is 0 Å². The first-order valence-corrected chi connectivity index (χ1v) is 35.6. The van der Waals surface area contributed by atoms with Crippen molar-refractivity contribution in [3.8, 4) is 0 Å². The number of rotatable bonds is 67. The van der Waals surface area contributed by atoms with Crippen molar-refractivity contribution in [3.63, 3.8) is 0 Å². The predicted molar refractivity (Wildman–Crippen MR) is 343 cm³/mol. The van der Waals surface area contributed by atoms with E-state index in [4.69, 9.17) is 4.74 Å². The van der Waals surface area contributed by atoms with Gasteiger partial charge in [-0.3, -0.25) is 9.59 Å². The van der Waals surface area contributed by atoms with Gasteiger partial charge in [0.1, 0.15) is 0 Å². The maximum Gasteiger partial charge on any atom is 0.305 e. The molecule has 6 heteroatoms. The average molecular weight is 1100 g/mol. The van der Waals surface area contributed by atoms with Gasteiger partial charge in [-0.05, 0) is 57.8 Å². The van der Waals surface area contributed by atoms with Gasteiger partial charge in [-0.25, -0.2) is 0 Å². The number of ether oxygens (including phenoxy) is 1. The minimum Gasteiger partial charge on any atom is -0.466 e. The summed E-state index contributed by atoms with van der Waals surface area (Å²) >= 11 is 0. The van der Waals surface area contributed by atoms with E-state index in [1.807, 2.05) is 0 Å². The third-order valence-electron chi connectivity index (χ3n) is 16.8. The molecule has 0 aromatic carbocycles. The first-order valence-electron chi connectivity index (χ1n) is 35.6. The zero-order valence-electron chi connectivity index (χ0n) is 52.9. The molecule has 3 N–H and O–H groups in total. The average Bonchev–Trinajstić information content (AvgIpc) is 3.44. The van der Waals surface area contributed by atoms with E-state index in [9.17, 15) is 19.8 Å². The minimum absolute atomic E-state index is 0.00721. The van der Waals surface area contributed by atoms with Crippen LogP contribution in [0.25, 0.3) is 0 Å². The fraction of sp³-hybridized carbons (Fsp3) is 0.917. The quantitative estimate of drug-likeness (QED) is 0.0320. The van der Waals surface area contributed by atoms with Gasteiger partial charge in [0.2, 0.25) is 5.91 Å². The number of aliphatic hydroxyl groups is 2. The smallest absolute Gasteiger partial charge is 0.305 e. The van der Waals surface area contributed by atoms with E-state index in [0.717, 1.165) is 51.4 Å². The Labute approximate surface area is 488 Å². The topological polar surface area (TPSA) is 95.9 Å². The molecular weight excluding hydrogens is 959 g/mol. The van der Waals surface area contributed by atoms with Crippen molar-refractivity contribution >= 4 is 11.9 Å². The second kappa shape index (κ2) is 67.8. The molecule has 0 spiro atoms. The van der Waals surface area contributed by atoms with Crippen LogP contribution in [0.3, 0.4) is 0 Å². The van der Waals surface area contributed by atoms with E-state index in [1.165, 1.54) is 315 Å². The van der Waals surface area contributed by atoms with Gasteiger partial charge < -0.3 is 20.3 Å². The molecule has 2 atom stereocenters. The molecule has 0 aromatic heterocycles. The largest absolute Gasteiger partial charge is 0.466 e. The van der Waals surface area contributed by atoms with Crippen LogP contribution in [0.2, 0.25) is 0 Å². The summed E-state index contributed by atoms with van der Waals surface area (Å²) in [5, 5.41) is 23.3. The Kier molecular flexibility index (Phi) is 66.4. The second-order valence-electron chi connectivity index (χ2n) is 24.6. The summed E-state index contributed by atoms with van der Waals surface area (Å²) in [4.78, 5) is 24.6. The van der Waals surface area contributed by atoms with Gasteiger partial charge in [-0.1, -0.05) is 353 Å². The predicted octanol–water partition coefficient (Wildman–Crippen LogP) is 22.9. The summed E-state index contributed by atoms with van der Waals surface area (Å²) in [6, 6.07) is -0.538. The number of hydrogen-bond acceptors (Lipinski definition) is 5. The first-order chi connectivity index (χ1) is 38.5. The van der Waals surface area contributed by atoms with Crippen LogP contribution in [0.1, 0.15) is 399 Å². The van der Waals surface area contributed by atoms with Gasteiger partial charge in [0.15, 0.2) is 0 Å². The molecule has 0 aliphatic heterocycles.